The van der Waals surface area contributed by atoms with Crippen LogP contribution in [0.1, 0.15) is 6.92 Å². The van der Waals surface area contributed by atoms with Crippen LogP contribution < -0.4 is 9.47 Å². The van der Waals surface area contributed by atoms with Gasteiger partial charge in [-0.2, -0.15) is 0 Å². The number of aliphatic imine (C=N–C) groups is 2. The fourth-order valence-electron chi connectivity index (χ4n) is 2.42. The van der Waals surface area contributed by atoms with E-state index in [2.05, 4.69) is 9.98 Å². The number of carbonyl (C=O) groups excluding carboxylic acids is 1. The lowest BCUT2D eigenvalue weighted by Crippen LogP contribution is -2.43. The number of rotatable bonds is 6. The molecule has 0 radical (unpaired) electrons. The molecular weight excluding hydrogens is 364 g/mol. The van der Waals surface area contributed by atoms with Crippen molar-refractivity contribution in [2.45, 2.75) is 12.2 Å². The quantitative estimate of drug-likeness (QED) is 0.699. The fraction of sp³-hybridized carbons (Fsp3) is 0.250. The van der Waals surface area contributed by atoms with E-state index < -0.39 is 5.25 Å². The third kappa shape index (κ3) is 4.49. The summed E-state index contributed by atoms with van der Waals surface area (Å²) in [5.41, 5.74) is 2.10. The van der Waals surface area contributed by atoms with Gasteiger partial charge in [0.1, 0.15) is 16.5 Å². The first-order valence-corrected chi connectivity index (χ1v) is 9.31. The second kappa shape index (κ2) is 8.73. The molecule has 1 aliphatic heterocycles. The van der Waals surface area contributed by atoms with Crippen LogP contribution >= 0.6 is 11.8 Å². The monoisotopic (exact) mass is 384 g/mol. The number of nitrogens with zero attached hydrogens (tertiary/aromatic N) is 2. The Hall–Kier alpha value is -2.80. The average Bonchev–Trinajstić information content (AvgIpc) is 2.70. The number of hydrogen-bond acceptors (Lipinski definition) is 7. The summed E-state index contributed by atoms with van der Waals surface area (Å²) in [6.07, 6.45) is 0. The molecule has 27 heavy (non-hydrogen) atoms. The second-order valence-electron chi connectivity index (χ2n) is 5.56. The number of methoxy groups -OCH3 is 2. The van der Waals surface area contributed by atoms with E-state index in [4.69, 9.17) is 14.2 Å². The van der Waals surface area contributed by atoms with Gasteiger partial charge in [-0.25, -0.2) is 9.98 Å². The van der Waals surface area contributed by atoms with Crippen LogP contribution in [0, 0.1) is 0 Å². The Balaban J connectivity index is 1.89. The van der Waals surface area contributed by atoms with E-state index in [1.54, 1.807) is 21.1 Å². The van der Waals surface area contributed by atoms with Crippen LogP contribution in [-0.4, -0.2) is 42.8 Å². The van der Waals surface area contributed by atoms with Crippen molar-refractivity contribution in [3.8, 4) is 11.5 Å². The fourth-order valence-corrected chi connectivity index (χ4v) is 3.34. The number of carbonyl (C=O) groups is 1. The lowest BCUT2D eigenvalue weighted by molar-refractivity contribution is -0.141. The first kappa shape index (κ1) is 19.0. The SMILES string of the molecule is CCOC(=O)C1SC(=Nc2ccc(OC)cc2)C1=Nc1ccc(OC)cc1. The molecule has 2 aromatic rings. The number of hydrogen-bond donors (Lipinski definition) is 0. The Morgan fingerprint density at radius 3 is 1.93 bits per heavy atom. The van der Waals surface area contributed by atoms with E-state index in [0.717, 1.165) is 22.9 Å². The second-order valence-corrected chi connectivity index (χ2v) is 6.65. The van der Waals surface area contributed by atoms with Crippen molar-refractivity contribution in [2.24, 2.45) is 9.98 Å². The first-order chi connectivity index (χ1) is 13.1. The van der Waals surface area contributed by atoms with Crippen LogP contribution in [0.3, 0.4) is 0 Å². The van der Waals surface area contributed by atoms with E-state index in [-0.39, 0.29) is 5.97 Å². The molecule has 6 nitrogen and oxygen atoms in total. The maximum Gasteiger partial charge on any atom is 0.325 e. The summed E-state index contributed by atoms with van der Waals surface area (Å²) in [6.45, 7) is 2.12. The molecule has 1 unspecified atom stereocenters. The van der Waals surface area contributed by atoms with Gasteiger partial charge in [0.15, 0.2) is 5.25 Å². The molecule has 0 amide bonds. The molecule has 0 bridgehead atoms. The molecule has 0 N–H and O–H groups in total. The molecule has 0 aliphatic carbocycles. The van der Waals surface area contributed by atoms with E-state index in [1.165, 1.54) is 11.8 Å². The maximum absolute atomic E-state index is 12.2. The number of thioether (sulfide) groups is 1. The smallest absolute Gasteiger partial charge is 0.325 e. The molecule has 0 saturated carbocycles. The lowest BCUT2D eigenvalue weighted by atomic mass is 10.2. The van der Waals surface area contributed by atoms with Crippen LogP contribution in [0.5, 0.6) is 11.5 Å². The summed E-state index contributed by atoms with van der Waals surface area (Å²) in [7, 11) is 3.23. The van der Waals surface area contributed by atoms with Crippen LogP contribution in [0.4, 0.5) is 11.4 Å². The van der Waals surface area contributed by atoms with Gasteiger partial charge in [-0.05, 0) is 55.5 Å². The molecule has 1 heterocycles. The number of esters is 1. The summed E-state index contributed by atoms with van der Waals surface area (Å²) in [4.78, 5) is 21.4. The van der Waals surface area contributed by atoms with E-state index in [9.17, 15) is 4.79 Å². The summed E-state index contributed by atoms with van der Waals surface area (Å²) < 4.78 is 15.5. The standard InChI is InChI=1S/C20H20N2O4S/c1-4-26-20(23)18-17(21-13-5-9-15(24-2)10-6-13)19(27-18)22-14-7-11-16(25-3)12-8-14/h5-12,18H,4H2,1-3H3. The number of ether oxygens (including phenoxy) is 3. The maximum atomic E-state index is 12.2. The molecule has 140 valence electrons. The largest absolute Gasteiger partial charge is 0.497 e. The number of benzene rings is 2. The predicted octanol–water partition coefficient (Wildman–Crippen LogP) is 4.19. The summed E-state index contributed by atoms with van der Waals surface area (Å²) in [6, 6.07) is 14.7. The minimum absolute atomic E-state index is 0.302. The van der Waals surface area contributed by atoms with Gasteiger partial charge in [0.05, 0.1) is 37.9 Å². The summed E-state index contributed by atoms with van der Waals surface area (Å²) in [5.74, 6) is 1.20. The van der Waals surface area contributed by atoms with Crippen LogP contribution in [0.15, 0.2) is 58.5 Å². The highest BCUT2D eigenvalue weighted by Gasteiger charge is 2.41. The first-order valence-electron chi connectivity index (χ1n) is 8.43. The van der Waals surface area contributed by atoms with E-state index >= 15 is 0 Å². The molecule has 1 atom stereocenters. The highest BCUT2D eigenvalue weighted by molar-refractivity contribution is 8.21. The van der Waals surface area contributed by atoms with Crippen molar-refractivity contribution in [1.82, 2.24) is 0 Å². The Kier molecular flexibility index (Phi) is 6.13. The molecular formula is C20H20N2O4S. The molecule has 3 rings (SSSR count). The molecule has 1 aliphatic rings. The van der Waals surface area contributed by atoms with Gasteiger partial charge in [-0.3, -0.25) is 4.79 Å². The lowest BCUT2D eigenvalue weighted by Gasteiger charge is -2.27. The molecule has 7 heteroatoms. The summed E-state index contributed by atoms with van der Waals surface area (Å²) >= 11 is 1.35. The van der Waals surface area contributed by atoms with Crippen LogP contribution in [0.25, 0.3) is 0 Å². The third-order valence-corrected chi connectivity index (χ3v) is 5.00. The van der Waals surface area contributed by atoms with Crippen molar-refractivity contribution in [2.75, 3.05) is 20.8 Å². The Morgan fingerprint density at radius 1 is 0.926 bits per heavy atom. The molecule has 1 saturated heterocycles. The topological polar surface area (TPSA) is 69.5 Å². The van der Waals surface area contributed by atoms with Crippen molar-refractivity contribution in [1.29, 1.82) is 0 Å². The van der Waals surface area contributed by atoms with Crippen LogP contribution in [0.2, 0.25) is 0 Å². The van der Waals surface area contributed by atoms with Gasteiger partial charge in [-0.1, -0.05) is 11.8 Å². The van der Waals surface area contributed by atoms with Gasteiger partial charge in [-0.15, -0.1) is 0 Å². The van der Waals surface area contributed by atoms with Gasteiger partial charge < -0.3 is 14.2 Å². The minimum atomic E-state index is -0.468. The van der Waals surface area contributed by atoms with Crippen molar-refractivity contribution in [3.05, 3.63) is 48.5 Å². The summed E-state index contributed by atoms with van der Waals surface area (Å²) in [5, 5.41) is 0.234. The van der Waals surface area contributed by atoms with Gasteiger partial charge in [0.2, 0.25) is 0 Å². The third-order valence-electron chi connectivity index (χ3n) is 3.82. The van der Waals surface area contributed by atoms with Gasteiger partial charge in [0.25, 0.3) is 0 Å². The minimum Gasteiger partial charge on any atom is -0.497 e. The van der Waals surface area contributed by atoms with Crippen molar-refractivity contribution < 1.29 is 19.0 Å². The Morgan fingerprint density at radius 2 is 1.44 bits per heavy atom. The molecule has 1 fully saturated rings. The van der Waals surface area contributed by atoms with E-state index in [1.807, 2.05) is 48.5 Å². The van der Waals surface area contributed by atoms with Gasteiger partial charge >= 0.3 is 5.97 Å². The van der Waals surface area contributed by atoms with Crippen molar-refractivity contribution >= 4 is 39.9 Å². The highest BCUT2D eigenvalue weighted by atomic mass is 32.2. The highest BCUT2D eigenvalue weighted by Crippen LogP contribution is 2.35. The molecule has 2 aromatic carbocycles. The Bertz CT molecular complexity index is 861. The molecule has 0 spiro atoms. The molecule has 0 aromatic heterocycles. The average molecular weight is 384 g/mol. The zero-order valence-electron chi connectivity index (χ0n) is 15.3. The zero-order chi connectivity index (χ0) is 19.2. The zero-order valence-corrected chi connectivity index (χ0v) is 16.2. The Labute approximate surface area is 162 Å². The normalized spacial score (nSPS) is 18.9. The van der Waals surface area contributed by atoms with Crippen LogP contribution in [-0.2, 0) is 9.53 Å². The predicted molar refractivity (Wildman–Crippen MR) is 108 cm³/mol. The van der Waals surface area contributed by atoms with E-state index in [0.29, 0.717) is 17.4 Å². The van der Waals surface area contributed by atoms with Gasteiger partial charge in [0, 0.05) is 0 Å². The van der Waals surface area contributed by atoms with Crippen molar-refractivity contribution in [3.63, 3.8) is 0 Å².